The first-order chi connectivity index (χ1) is 11.3. The van der Waals surface area contributed by atoms with Gasteiger partial charge >= 0.3 is 0 Å². The molecule has 3 rings (SSSR count). The van der Waals surface area contributed by atoms with Crippen LogP contribution in [-0.4, -0.2) is 17.9 Å². The maximum absolute atomic E-state index is 12.6. The Morgan fingerprint density at radius 3 is 2.30 bits per heavy atom. The number of rotatable bonds is 4. The number of nitrogens with zero attached hydrogens (tertiary/aromatic N) is 2. The van der Waals surface area contributed by atoms with E-state index in [1.165, 1.54) is 0 Å². The molecule has 2 aromatic carbocycles. The van der Waals surface area contributed by atoms with Crippen LogP contribution in [0.3, 0.4) is 0 Å². The molecule has 0 radical (unpaired) electrons. The van der Waals surface area contributed by atoms with Gasteiger partial charge in [0.1, 0.15) is 0 Å². The number of hydrogen-bond acceptors (Lipinski definition) is 3. The third-order valence-corrected chi connectivity index (χ3v) is 3.59. The van der Waals surface area contributed by atoms with E-state index in [0.29, 0.717) is 5.56 Å². The van der Waals surface area contributed by atoms with Crippen LogP contribution in [0.15, 0.2) is 79.1 Å². The van der Waals surface area contributed by atoms with Crippen molar-refractivity contribution < 1.29 is 4.79 Å². The van der Waals surface area contributed by atoms with E-state index in [1.54, 1.807) is 12.4 Å². The summed E-state index contributed by atoms with van der Waals surface area (Å²) in [5.41, 5.74) is 3.21. The molecule has 0 saturated carbocycles. The lowest BCUT2D eigenvalue weighted by Crippen LogP contribution is -2.18. The number of benzene rings is 2. The lowest BCUT2D eigenvalue weighted by atomic mass is 10.1. The first kappa shape index (κ1) is 14.8. The summed E-state index contributed by atoms with van der Waals surface area (Å²) in [5.74, 6) is -0.132. The Balaban J connectivity index is 1.90. The molecule has 0 atom stereocenters. The second-order valence-electron chi connectivity index (χ2n) is 5.10. The molecule has 1 heterocycles. The average Bonchev–Trinajstić information content (AvgIpc) is 2.62. The summed E-state index contributed by atoms with van der Waals surface area (Å²) in [4.78, 5) is 18.6. The van der Waals surface area contributed by atoms with Crippen molar-refractivity contribution >= 4 is 23.0 Å². The number of amides is 1. The number of aromatic nitrogens is 1. The van der Waals surface area contributed by atoms with Gasteiger partial charge in [-0.3, -0.25) is 9.78 Å². The van der Waals surface area contributed by atoms with Gasteiger partial charge in [0.15, 0.2) is 0 Å². The molecule has 0 unspecified atom stereocenters. The number of carbonyl (C=O) groups is 1. The minimum atomic E-state index is -0.132. The van der Waals surface area contributed by atoms with Crippen LogP contribution in [-0.2, 0) is 0 Å². The van der Waals surface area contributed by atoms with Gasteiger partial charge in [0, 0.05) is 30.8 Å². The topological polar surface area (TPSA) is 45.2 Å². The zero-order chi connectivity index (χ0) is 16.1. The van der Waals surface area contributed by atoms with Crippen LogP contribution in [0.2, 0.25) is 0 Å². The van der Waals surface area contributed by atoms with Crippen LogP contribution < -0.4 is 10.2 Å². The molecule has 4 heteroatoms. The van der Waals surface area contributed by atoms with Gasteiger partial charge in [-0.2, -0.15) is 0 Å². The summed E-state index contributed by atoms with van der Waals surface area (Å²) in [7, 11) is 1.93. The second kappa shape index (κ2) is 6.75. The summed E-state index contributed by atoms with van der Waals surface area (Å²) < 4.78 is 0. The summed E-state index contributed by atoms with van der Waals surface area (Å²) in [6, 6.07) is 20.8. The number of nitrogens with one attached hydrogen (secondary N) is 1. The highest BCUT2D eigenvalue weighted by Gasteiger charge is 2.15. The highest BCUT2D eigenvalue weighted by molar-refractivity contribution is 6.08. The van der Waals surface area contributed by atoms with E-state index in [-0.39, 0.29) is 5.91 Å². The summed E-state index contributed by atoms with van der Waals surface area (Å²) in [6.07, 6.45) is 3.47. The zero-order valence-electron chi connectivity index (χ0n) is 12.8. The molecule has 0 fully saturated rings. The number of pyridine rings is 1. The van der Waals surface area contributed by atoms with Crippen LogP contribution in [0.5, 0.6) is 0 Å². The third-order valence-electron chi connectivity index (χ3n) is 3.59. The van der Waals surface area contributed by atoms with E-state index in [1.807, 2.05) is 78.7 Å². The molecule has 4 nitrogen and oxygen atoms in total. The fourth-order valence-electron chi connectivity index (χ4n) is 2.38. The van der Waals surface area contributed by atoms with E-state index < -0.39 is 0 Å². The number of para-hydroxylation sites is 2. The van der Waals surface area contributed by atoms with Crippen molar-refractivity contribution in [2.24, 2.45) is 0 Å². The van der Waals surface area contributed by atoms with Gasteiger partial charge in [0.05, 0.1) is 11.3 Å². The molecule has 0 aliphatic rings. The van der Waals surface area contributed by atoms with Crippen molar-refractivity contribution in [2.75, 3.05) is 17.3 Å². The second-order valence-corrected chi connectivity index (χ2v) is 5.10. The SMILES string of the molecule is CN(c1ccncc1)c1ccccc1C(=O)Nc1ccccc1. The average molecular weight is 303 g/mol. The van der Waals surface area contributed by atoms with Crippen LogP contribution in [0.1, 0.15) is 10.4 Å². The maximum atomic E-state index is 12.6. The Morgan fingerprint density at radius 1 is 0.913 bits per heavy atom. The third kappa shape index (κ3) is 3.37. The lowest BCUT2D eigenvalue weighted by molar-refractivity contribution is 0.102. The van der Waals surface area contributed by atoms with Crippen LogP contribution in [0.25, 0.3) is 0 Å². The van der Waals surface area contributed by atoms with Crippen molar-refractivity contribution in [1.29, 1.82) is 0 Å². The quantitative estimate of drug-likeness (QED) is 0.789. The molecule has 0 spiro atoms. The van der Waals surface area contributed by atoms with E-state index in [2.05, 4.69) is 10.3 Å². The molecular weight excluding hydrogens is 286 g/mol. The standard InChI is InChI=1S/C19H17N3O/c1-22(16-11-13-20-14-12-16)18-10-6-5-9-17(18)19(23)21-15-7-3-2-4-8-15/h2-14H,1H3,(H,21,23). The van der Waals surface area contributed by atoms with E-state index in [4.69, 9.17) is 0 Å². The maximum Gasteiger partial charge on any atom is 0.257 e. The van der Waals surface area contributed by atoms with Crippen molar-refractivity contribution in [1.82, 2.24) is 4.98 Å². The first-order valence-electron chi connectivity index (χ1n) is 7.35. The Hall–Kier alpha value is -3.14. The predicted octanol–water partition coefficient (Wildman–Crippen LogP) is 4.10. The van der Waals surface area contributed by atoms with Gasteiger partial charge in [0.25, 0.3) is 5.91 Å². The molecule has 114 valence electrons. The van der Waals surface area contributed by atoms with Gasteiger partial charge in [-0.1, -0.05) is 30.3 Å². The molecule has 23 heavy (non-hydrogen) atoms. The molecule has 1 amide bonds. The summed E-state index contributed by atoms with van der Waals surface area (Å²) in [6.45, 7) is 0. The molecule has 0 aliphatic carbocycles. The van der Waals surface area contributed by atoms with E-state index >= 15 is 0 Å². The fraction of sp³-hybridized carbons (Fsp3) is 0.0526. The largest absolute Gasteiger partial charge is 0.344 e. The smallest absolute Gasteiger partial charge is 0.257 e. The molecule has 1 N–H and O–H groups in total. The van der Waals surface area contributed by atoms with Crippen molar-refractivity contribution in [3.63, 3.8) is 0 Å². The minimum absolute atomic E-state index is 0.132. The molecule has 3 aromatic rings. The Bertz CT molecular complexity index is 788. The van der Waals surface area contributed by atoms with Crippen molar-refractivity contribution in [2.45, 2.75) is 0 Å². The van der Waals surface area contributed by atoms with Gasteiger partial charge in [-0.15, -0.1) is 0 Å². The van der Waals surface area contributed by atoms with Gasteiger partial charge < -0.3 is 10.2 Å². The normalized spacial score (nSPS) is 10.1. The van der Waals surface area contributed by atoms with Gasteiger partial charge in [0.2, 0.25) is 0 Å². The summed E-state index contributed by atoms with van der Waals surface area (Å²) in [5, 5.41) is 2.93. The monoisotopic (exact) mass is 303 g/mol. The molecule has 0 aliphatic heterocycles. The Labute approximate surface area is 135 Å². The van der Waals surface area contributed by atoms with Gasteiger partial charge in [-0.25, -0.2) is 0 Å². The zero-order valence-corrected chi connectivity index (χ0v) is 12.8. The highest BCUT2D eigenvalue weighted by atomic mass is 16.1. The summed E-state index contributed by atoms with van der Waals surface area (Å²) >= 11 is 0. The fourth-order valence-corrected chi connectivity index (χ4v) is 2.38. The van der Waals surface area contributed by atoms with Crippen molar-refractivity contribution in [3.05, 3.63) is 84.7 Å². The minimum Gasteiger partial charge on any atom is -0.344 e. The van der Waals surface area contributed by atoms with Crippen LogP contribution in [0, 0.1) is 0 Å². The number of carbonyl (C=O) groups excluding carboxylic acids is 1. The molecular formula is C19H17N3O. The van der Waals surface area contributed by atoms with E-state index in [9.17, 15) is 4.79 Å². The van der Waals surface area contributed by atoms with Crippen LogP contribution in [0.4, 0.5) is 17.1 Å². The van der Waals surface area contributed by atoms with Crippen LogP contribution >= 0.6 is 0 Å². The molecule has 1 aromatic heterocycles. The predicted molar refractivity (Wildman–Crippen MR) is 93.1 cm³/mol. The van der Waals surface area contributed by atoms with Crippen molar-refractivity contribution in [3.8, 4) is 0 Å². The molecule has 0 saturated heterocycles. The number of hydrogen-bond donors (Lipinski definition) is 1. The Kier molecular flexibility index (Phi) is 4.34. The van der Waals surface area contributed by atoms with Gasteiger partial charge in [-0.05, 0) is 36.4 Å². The number of anilines is 3. The first-order valence-corrected chi connectivity index (χ1v) is 7.35. The molecule has 0 bridgehead atoms. The lowest BCUT2D eigenvalue weighted by Gasteiger charge is -2.22. The highest BCUT2D eigenvalue weighted by Crippen LogP contribution is 2.27. The van der Waals surface area contributed by atoms with E-state index in [0.717, 1.165) is 17.1 Å². The Morgan fingerprint density at radius 2 is 1.57 bits per heavy atom.